The maximum Gasteiger partial charge on any atom is 0.250 e. The van der Waals surface area contributed by atoms with Crippen molar-refractivity contribution in [1.29, 1.82) is 0 Å². The van der Waals surface area contributed by atoms with Crippen LogP contribution in [0.25, 0.3) is 0 Å². The van der Waals surface area contributed by atoms with Crippen molar-refractivity contribution in [2.24, 2.45) is 5.92 Å². The number of benzene rings is 2. The van der Waals surface area contributed by atoms with E-state index in [0.717, 1.165) is 52.9 Å². The molecule has 6 rings (SSSR count). The number of amides is 1. The molecule has 7 heteroatoms. The summed E-state index contributed by atoms with van der Waals surface area (Å²) in [5.74, 6) is 0.724. The fraction of sp³-hybridized carbons (Fsp3) is 0.280. The van der Waals surface area contributed by atoms with Gasteiger partial charge in [0.25, 0.3) is 5.56 Å². The molecule has 1 amide bonds. The number of piperidine rings is 1. The van der Waals surface area contributed by atoms with E-state index in [1.165, 1.54) is 0 Å². The van der Waals surface area contributed by atoms with E-state index in [2.05, 4.69) is 17.0 Å². The summed E-state index contributed by atoms with van der Waals surface area (Å²) in [4.78, 5) is 32.2. The summed E-state index contributed by atoms with van der Waals surface area (Å²) in [6.07, 6.45) is 1.08. The maximum absolute atomic E-state index is 13.7. The molecule has 2 atom stereocenters. The summed E-state index contributed by atoms with van der Waals surface area (Å²) >= 11 is 7.97. The summed E-state index contributed by atoms with van der Waals surface area (Å²) in [7, 11) is 0. The van der Waals surface area contributed by atoms with Gasteiger partial charge in [0, 0.05) is 52.1 Å². The third kappa shape index (κ3) is 3.38. The third-order valence-electron chi connectivity index (χ3n) is 6.65. The second-order valence-electron chi connectivity index (χ2n) is 8.80. The van der Waals surface area contributed by atoms with Crippen LogP contribution < -0.4 is 10.5 Å². The minimum Gasteiger partial charge on any atom is -0.312 e. The molecular formula is C25H22ClN3O2S. The van der Waals surface area contributed by atoms with Crippen molar-refractivity contribution >= 4 is 40.6 Å². The standard InChI is InChI=1S/C25H22ClN3O2S/c26-18-8-9-23-21(11-18)29(20-4-1-2-6-22(20)32-23)25(31)15-27-12-16-10-17(14-27)19-5-3-7-24(30)28(19)13-16/h1-9,11,16-17H,10,12-15H2/t16-,17-/m0/s1. The molecule has 5 nitrogen and oxygen atoms in total. The highest BCUT2D eigenvalue weighted by atomic mass is 35.5. The molecule has 4 heterocycles. The van der Waals surface area contributed by atoms with Crippen molar-refractivity contribution in [3.8, 4) is 0 Å². The van der Waals surface area contributed by atoms with E-state index >= 15 is 0 Å². The molecule has 0 radical (unpaired) electrons. The van der Waals surface area contributed by atoms with Gasteiger partial charge in [-0.15, -0.1) is 0 Å². The Morgan fingerprint density at radius 2 is 1.81 bits per heavy atom. The van der Waals surface area contributed by atoms with Crippen molar-refractivity contribution in [2.45, 2.75) is 28.7 Å². The van der Waals surface area contributed by atoms with Crippen molar-refractivity contribution in [2.75, 3.05) is 24.5 Å². The van der Waals surface area contributed by atoms with Gasteiger partial charge in [-0.2, -0.15) is 0 Å². The van der Waals surface area contributed by atoms with Crippen LogP contribution in [0.1, 0.15) is 18.0 Å². The van der Waals surface area contributed by atoms with Crippen LogP contribution in [0.3, 0.4) is 0 Å². The number of hydrogen-bond donors (Lipinski definition) is 0. The number of likely N-dealkylation sites (tertiary alicyclic amines) is 1. The first-order chi connectivity index (χ1) is 15.6. The fourth-order valence-electron chi connectivity index (χ4n) is 5.38. The number of aromatic nitrogens is 1. The Morgan fingerprint density at radius 3 is 2.72 bits per heavy atom. The van der Waals surface area contributed by atoms with Crippen LogP contribution in [0, 0.1) is 5.92 Å². The molecule has 32 heavy (non-hydrogen) atoms. The maximum atomic E-state index is 13.7. The average molecular weight is 464 g/mol. The third-order valence-corrected chi connectivity index (χ3v) is 8.02. The first kappa shape index (κ1) is 20.1. The monoisotopic (exact) mass is 463 g/mol. The number of carbonyl (C=O) groups is 1. The number of para-hydroxylation sites is 1. The van der Waals surface area contributed by atoms with Gasteiger partial charge in [0.2, 0.25) is 5.91 Å². The Morgan fingerprint density at radius 1 is 0.969 bits per heavy atom. The number of fused-ring (bicyclic) bond motifs is 6. The Bertz CT molecular complexity index is 1290. The molecular weight excluding hydrogens is 442 g/mol. The van der Waals surface area contributed by atoms with Crippen molar-refractivity contribution in [1.82, 2.24) is 9.47 Å². The number of anilines is 2. The molecule has 1 saturated heterocycles. The molecule has 3 aromatic rings. The van der Waals surface area contributed by atoms with Gasteiger partial charge < -0.3 is 4.57 Å². The molecule has 3 aliphatic rings. The molecule has 2 aromatic carbocycles. The van der Waals surface area contributed by atoms with E-state index in [1.807, 2.05) is 51.9 Å². The van der Waals surface area contributed by atoms with E-state index in [9.17, 15) is 9.59 Å². The molecule has 0 aliphatic carbocycles. The van der Waals surface area contributed by atoms with Gasteiger partial charge in [0.1, 0.15) is 0 Å². The minimum atomic E-state index is 0.0479. The van der Waals surface area contributed by atoms with E-state index in [-0.39, 0.29) is 17.4 Å². The molecule has 1 fully saturated rings. The van der Waals surface area contributed by atoms with Crippen LogP contribution in [-0.2, 0) is 11.3 Å². The van der Waals surface area contributed by atoms with E-state index in [1.54, 1.807) is 17.8 Å². The quantitative estimate of drug-likeness (QED) is 0.550. The summed E-state index contributed by atoms with van der Waals surface area (Å²) < 4.78 is 1.92. The summed E-state index contributed by atoms with van der Waals surface area (Å²) in [5.41, 5.74) is 2.94. The molecule has 0 saturated carbocycles. The number of nitrogens with zero attached hydrogens (tertiary/aromatic N) is 3. The molecule has 3 aliphatic heterocycles. The van der Waals surface area contributed by atoms with Crippen LogP contribution in [0.15, 0.2) is 75.2 Å². The SMILES string of the molecule is O=C(CN1C[C@@H]2C[C@@H](C1)c1cccc(=O)n1C2)N1c2ccccc2Sc2ccc(Cl)cc21. The van der Waals surface area contributed by atoms with Crippen molar-refractivity contribution in [3.05, 3.63) is 81.7 Å². The largest absolute Gasteiger partial charge is 0.312 e. The highest BCUT2D eigenvalue weighted by molar-refractivity contribution is 7.99. The van der Waals surface area contributed by atoms with Crippen molar-refractivity contribution in [3.63, 3.8) is 0 Å². The highest BCUT2D eigenvalue weighted by Gasteiger charge is 2.36. The molecule has 0 unspecified atom stereocenters. The van der Waals surface area contributed by atoms with Gasteiger partial charge in [0.15, 0.2) is 0 Å². The van der Waals surface area contributed by atoms with Gasteiger partial charge in [-0.25, -0.2) is 0 Å². The second-order valence-corrected chi connectivity index (χ2v) is 10.3. The van der Waals surface area contributed by atoms with Crippen molar-refractivity contribution < 1.29 is 4.79 Å². The zero-order chi connectivity index (χ0) is 21.8. The van der Waals surface area contributed by atoms with Gasteiger partial charge in [-0.3, -0.25) is 19.4 Å². The Kier molecular flexibility index (Phi) is 4.90. The predicted octanol–water partition coefficient (Wildman–Crippen LogP) is 4.75. The number of pyridine rings is 1. The molecule has 0 N–H and O–H groups in total. The Balaban J connectivity index is 1.30. The lowest BCUT2D eigenvalue weighted by Gasteiger charge is -2.43. The predicted molar refractivity (Wildman–Crippen MR) is 127 cm³/mol. The average Bonchev–Trinajstić information content (AvgIpc) is 2.78. The second kappa shape index (κ2) is 7.80. The lowest BCUT2D eigenvalue weighted by molar-refractivity contribution is -0.119. The minimum absolute atomic E-state index is 0.0479. The van der Waals surface area contributed by atoms with E-state index in [0.29, 0.717) is 17.5 Å². The van der Waals surface area contributed by atoms with Gasteiger partial charge in [-0.05, 0) is 48.7 Å². The molecule has 1 aromatic heterocycles. The Labute approximate surface area is 195 Å². The zero-order valence-electron chi connectivity index (χ0n) is 17.4. The summed E-state index contributed by atoms with van der Waals surface area (Å²) in [6, 6.07) is 19.3. The molecule has 2 bridgehead atoms. The van der Waals surface area contributed by atoms with E-state index < -0.39 is 0 Å². The molecule has 0 spiro atoms. The fourth-order valence-corrected chi connectivity index (χ4v) is 6.59. The van der Waals surface area contributed by atoms with Crippen LogP contribution in [0.5, 0.6) is 0 Å². The number of rotatable bonds is 2. The van der Waals surface area contributed by atoms with Gasteiger partial charge in [-0.1, -0.05) is 41.6 Å². The number of hydrogen-bond acceptors (Lipinski definition) is 4. The summed E-state index contributed by atoms with van der Waals surface area (Å²) in [5, 5.41) is 0.621. The van der Waals surface area contributed by atoms with Gasteiger partial charge >= 0.3 is 0 Å². The van der Waals surface area contributed by atoms with E-state index in [4.69, 9.17) is 11.6 Å². The first-order valence-corrected chi connectivity index (χ1v) is 12.1. The van der Waals surface area contributed by atoms with Crippen LogP contribution >= 0.6 is 23.4 Å². The van der Waals surface area contributed by atoms with Crippen LogP contribution in [0.4, 0.5) is 11.4 Å². The lowest BCUT2D eigenvalue weighted by atomic mass is 9.83. The first-order valence-electron chi connectivity index (χ1n) is 10.9. The molecule has 162 valence electrons. The van der Waals surface area contributed by atoms with Gasteiger partial charge in [0.05, 0.1) is 17.9 Å². The highest BCUT2D eigenvalue weighted by Crippen LogP contribution is 2.49. The normalized spacial score (nSPS) is 21.5. The summed E-state index contributed by atoms with van der Waals surface area (Å²) in [6.45, 7) is 2.70. The number of halogens is 1. The topological polar surface area (TPSA) is 45.6 Å². The smallest absolute Gasteiger partial charge is 0.250 e. The Hall–Kier alpha value is -2.54. The van der Waals surface area contributed by atoms with Crippen LogP contribution in [0.2, 0.25) is 5.02 Å². The number of carbonyl (C=O) groups excluding carboxylic acids is 1. The van der Waals surface area contributed by atoms with Crippen LogP contribution in [-0.4, -0.2) is 35.0 Å². The lowest BCUT2D eigenvalue weighted by Crippen LogP contribution is -2.50. The zero-order valence-corrected chi connectivity index (χ0v) is 19.0.